The molecule has 0 unspecified atom stereocenters. The first-order chi connectivity index (χ1) is 19.1. The van der Waals surface area contributed by atoms with Gasteiger partial charge in [-0.15, -0.1) is 0 Å². The van der Waals surface area contributed by atoms with Gasteiger partial charge in [0.05, 0.1) is 10.2 Å². The van der Waals surface area contributed by atoms with Crippen LogP contribution in [-0.4, -0.2) is 26.6 Å². The van der Waals surface area contributed by atoms with Crippen molar-refractivity contribution < 1.29 is 26.9 Å². The lowest BCUT2D eigenvalue weighted by Gasteiger charge is -2.44. The standard InChI is InChI=1S/C32H36INO6S/c1-7-39-26-13-19(12-21(33)30(26)40-41(37,38)20-10-8-18(2)9-11-20)27-28-22(14-31(3,4)16-24(28)35)34-23-15-32(5,6)17-25(36)29(23)27/h8-13,27,34H,7,14-17H2,1-6H3. The van der Waals surface area contributed by atoms with Crippen LogP contribution in [0.5, 0.6) is 11.5 Å². The van der Waals surface area contributed by atoms with Gasteiger partial charge in [0, 0.05) is 41.3 Å². The first-order valence-corrected chi connectivity index (χ1v) is 16.4. The zero-order valence-electron chi connectivity index (χ0n) is 24.3. The van der Waals surface area contributed by atoms with Gasteiger partial charge in [-0.05, 0) is 89.9 Å². The molecule has 218 valence electrons. The summed E-state index contributed by atoms with van der Waals surface area (Å²) < 4.78 is 38.5. The number of dihydropyridines is 1. The van der Waals surface area contributed by atoms with Crippen LogP contribution < -0.4 is 14.2 Å². The summed E-state index contributed by atoms with van der Waals surface area (Å²) in [6.45, 7) is 12.3. The van der Waals surface area contributed by atoms with E-state index < -0.39 is 16.0 Å². The maximum atomic E-state index is 13.7. The van der Waals surface area contributed by atoms with Gasteiger partial charge in [-0.1, -0.05) is 45.4 Å². The van der Waals surface area contributed by atoms with Crippen LogP contribution in [0.2, 0.25) is 0 Å². The Labute approximate surface area is 256 Å². The number of carbonyl (C=O) groups is 2. The summed E-state index contributed by atoms with van der Waals surface area (Å²) in [5.41, 5.74) is 4.22. The van der Waals surface area contributed by atoms with Crippen LogP contribution in [0.4, 0.5) is 0 Å². The van der Waals surface area contributed by atoms with Crippen LogP contribution in [0.15, 0.2) is 63.8 Å². The van der Waals surface area contributed by atoms with E-state index in [0.717, 1.165) is 17.0 Å². The summed E-state index contributed by atoms with van der Waals surface area (Å²) in [6.07, 6.45) is 2.16. The molecule has 1 heterocycles. The van der Waals surface area contributed by atoms with Crippen molar-refractivity contribution in [2.45, 2.75) is 78.0 Å². The van der Waals surface area contributed by atoms with Gasteiger partial charge in [0.1, 0.15) is 4.90 Å². The SMILES string of the molecule is CCOc1cc(C2C3=C(CC(C)(C)CC3=O)NC3=C2C(=O)CC(C)(C)C3)cc(I)c1OS(=O)(=O)c1ccc(C)cc1. The third-order valence-electron chi connectivity index (χ3n) is 7.89. The lowest BCUT2D eigenvalue weighted by molar-refractivity contribution is -0.119. The molecule has 7 nitrogen and oxygen atoms in total. The summed E-state index contributed by atoms with van der Waals surface area (Å²) in [5, 5.41) is 3.53. The maximum Gasteiger partial charge on any atom is 0.339 e. The molecule has 2 aromatic rings. The normalized spacial score (nSPS) is 20.4. The molecule has 3 aliphatic rings. The number of ketones is 2. The van der Waals surface area contributed by atoms with Gasteiger partial charge in [0.25, 0.3) is 0 Å². The van der Waals surface area contributed by atoms with E-state index in [1.165, 1.54) is 12.1 Å². The summed E-state index contributed by atoms with van der Waals surface area (Å²) in [6, 6.07) is 10.00. The van der Waals surface area contributed by atoms with E-state index in [2.05, 4.69) is 33.0 Å². The summed E-state index contributed by atoms with van der Waals surface area (Å²) >= 11 is 2.04. The van der Waals surface area contributed by atoms with E-state index in [9.17, 15) is 18.0 Å². The number of halogens is 1. The van der Waals surface area contributed by atoms with Gasteiger partial charge in [-0.2, -0.15) is 8.42 Å². The zero-order valence-corrected chi connectivity index (χ0v) is 27.3. The number of hydrogen-bond donors (Lipinski definition) is 1. The highest BCUT2D eigenvalue weighted by atomic mass is 127. The molecule has 9 heteroatoms. The quantitative estimate of drug-likeness (QED) is 0.265. The first-order valence-electron chi connectivity index (χ1n) is 13.9. The van der Waals surface area contributed by atoms with Crippen molar-refractivity contribution in [2.24, 2.45) is 10.8 Å². The molecule has 0 fully saturated rings. The number of nitrogens with one attached hydrogen (secondary N) is 1. The third-order valence-corrected chi connectivity index (χ3v) is 9.92. The Morgan fingerprint density at radius 2 is 1.44 bits per heavy atom. The molecule has 0 aromatic heterocycles. The van der Waals surface area contributed by atoms with Crippen molar-refractivity contribution in [2.75, 3.05) is 6.61 Å². The van der Waals surface area contributed by atoms with Gasteiger partial charge in [-0.25, -0.2) is 0 Å². The fraction of sp³-hybridized carbons (Fsp3) is 0.438. The molecular weight excluding hydrogens is 653 g/mol. The first kappa shape index (κ1) is 29.8. The summed E-state index contributed by atoms with van der Waals surface area (Å²) in [5.74, 6) is -0.188. The van der Waals surface area contributed by atoms with Gasteiger partial charge in [-0.3, -0.25) is 9.59 Å². The van der Waals surface area contributed by atoms with E-state index >= 15 is 0 Å². The highest BCUT2D eigenvalue weighted by Crippen LogP contribution is 2.52. The second-order valence-corrected chi connectivity index (χ2v) is 15.5. The number of benzene rings is 2. The molecule has 0 radical (unpaired) electrons. The lowest BCUT2D eigenvalue weighted by atomic mass is 9.64. The van der Waals surface area contributed by atoms with Crippen LogP contribution in [-0.2, 0) is 19.7 Å². The van der Waals surface area contributed by atoms with Crippen molar-refractivity contribution in [1.82, 2.24) is 5.32 Å². The minimum absolute atomic E-state index is 0.0215. The fourth-order valence-electron chi connectivity index (χ4n) is 6.18. The molecular formula is C32H36INO6S. The minimum Gasteiger partial charge on any atom is -0.490 e. The van der Waals surface area contributed by atoms with E-state index in [-0.39, 0.29) is 45.4 Å². The molecule has 5 rings (SSSR count). The van der Waals surface area contributed by atoms with Gasteiger partial charge >= 0.3 is 10.1 Å². The van der Waals surface area contributed by atoms with Crippen LogP contribution in [0.1, 0.15) is 77.3 Å². The zero-order chi connectivity index (χ0) is 29.9. The number of ether oxygens (including phenoxy) is 1. The van der Waals surface area contributed by atoms with Crippen LogP contribution in [0.3, 0.4) is 0 Å². The number of hydrogen-bond acceptors (Lipinski definition) is 7. The topological polar surface area (TPSA) is 98.8 Å². The van der Waals surface area contributed by atoms with Crippen LogP contribution in [0, 0.1) is 21.3 Å². The Morgan fingerprint density at radius 1 is 0.902 bits per heavy atom. The Morgan fingerprint density at radius 3 is 1.95 bits per heavy atom. The minimum atomic E-state index is -4.13. The van der Waals surface area contributed by atoms with Gasteiger partial charge in [0.2, 0.25) is 0 Å². The van der Waals surface area contributed by atoms with Crippen molar-refractivity contribution in [3.63, 3.8) is 0 Å². The van der Waals surface area contributed by atoms with E-state index in [1.807, 2.05) is 42.5 Å². The van der Waals surface area contributed by atoms with Crippen molar-refractivity contribution in [1.29, 1.82) is 0 Å². The van der Waals surface area contributed by atoms with E-state index in [4.69, 9.17) is 8.92 Å². The Balaban J connectivity index is 1.65. The third kappa shape index (κ3) is 5.84. The number of carbonyl (C=O) groups excluding carboxylic acids is 2. The fourth-order valence-corrected chi connectivity index (χ4v) is 8.03. The molecule has 2 aromatic carbocycles. The Hall–Kier alpha value is -2.66. The highest BCUT2D eigenvalue weighted by Gasteiger charge is 2.46. The number of aryl methyl sites for hydroxylation is 1. The monoisotopic (exact) mass is 689 g/mol. The summed E-state index contributed by atoms with van der Waals surface area (Å²) in [7, 11) is -4.13. The van der Waals surface area contributed by atoms with Crippen LogP contribution >= 0.6 is 22.6 Å². The maximum absolute atomic E-state index is 13.7. The average molecular weight is 690 g/mol. The molecule has 0 amide bonds. The highest BCUT2D eigenvalue weighted by molar-refractivity contribution is 14.1. The van der Waals surface area contributed by atoms with Gasteiger partial charge < -0.3 is 14.2 Å². The van der Waals surface area contributed by atoms with Crippen LogP contribution in [0.25, 0.3) is 0 Å². The number of allylic oxidation sites excluding steroid dienone is 4. The molecule has 1 N–H and O–H groups in total. The van der Waals surface area contributed by atoms with E-state index in [1.54, 1.807) is 18.2 Å². The predicted octanol–water partition coefficient (Wildman–Crippen LogP) is 6.74. The lowest BCUT2D eigenvalue weighted by Crippen LogP contribution is -2.42. The predicted molar refractivity (Wildman–Crippen MR) is 165 cm³/mol. The van der Waals surface area contributed by atoms with Crippen molar-refractivity contribution in [3.8, 4) is 11.5 Å². The molecule has 1 aliphatic heterocycles. The number of rotatable bonds is 6. The smallest absolute Gasteiger partial charge is 0.339 e. The molecule has 0 saturated heterocycles. The second kappa shape index (κ2) is 10.6. The average Bonchev–Trinajstić information content (AvgIpc) is 2.83. The Kier molecular flexibility index (Phi) is 7.68. The van der Waals surface area contributed by atoms with Gasteiger partial charge in [0.15, 0.2) is 23.1 Å². The molecule has 0 atom stereocenters. The molecule has 0 saturated carbocycles. The van der Waals surface area contributed by atoms with E-state index in [0.29, 0.717) is 46.0 Å². The molecule has 0 spiro atoms. The molecule has 2 aliphatic carbocycles. The molecule has 0 bridgehead atoms. The Bertz CT molecular complexity index is 1560. The van der Waals surface area contributed by atoms with Crippen molar-refractivity contribution in [3.05, 3.63) is 73.6 Å². The number of Topliss-reactive ketones (excluding diaryl/α,β-unsaturated/α-hetero) is 2. The van der Waals surface area contributed by atoms with Crippen molar-refractivity contribution >= 4 is 44.3 Å². The molecule has 41 heavy (non-hydrogen) atoms. The largest absolute Gasteiger partial charge is 0.490 e. The summed E-state index contributed by atoms with van der Waals surface area (Å²) in [4.78, 5) is 27.4. The second-order valence-electron chi connectivity index (χ2n) is 12.8.